The number of carbonyl (C=O) groups excluding carboxylic acids is 1. The molecule has 1 amide bonds. The van der Waals surface area contributed by atoms with E-state index in [4.69, 9.17) is 8.92 Å². The lowest BCUT2D eigenvalue weighted by atomic mass is 10.2. The molecule has 4 rings (SSSR count). The van der Waals surface area contributed by atoms with Gasteiger partial charge >= 0.3 is 6.09 Å². The van der Waals surface area contributed by atoms with E-state index in [2.05, 4.69) is 4.98 Å². The summed E-state index contributed by atoms with van der Waals surface area (Å²) in [4.78, 5) is 19.7. The smallest absolute Gasteiger partial charge is 0.412 e. The fourth-order valence-electron chi connectivity index (χ4n) is 2.92. The Balaban J connectivity index is 0.00000196. The molecule has 1 saturated heterocycles. The molecule has 2 aromatic rings. The van der Waals surface area contributed by atoms with Crippen molar-refractivity contribution in [1.82, 2.24) is 14.3 Å². The quantitative estimate of drug-likeness (QED) is 0.724. The molecule has 0 aromatic carbocycles. The third-order valence-corrected chi connectivity index (χ3v) is 6.02. The zero-order valence-corrected chi connectivity index (χ0v) is 14.6. The SMILES string of the molecule is C.O=C1OCC=CS(=O)(=O)OC2CC[C@@H](C=Cc3cn4cncc4s3)N12. The van der Waals surface area contributed by atoms with Gasteiger partial charge in [0, 0.05) is 11.1 Å². The molecule has 0 bridgehead atoms. The fourth-order valence-corrected chi connectivity index (χ4v) is 4.67. The van der Waals surface area contributed by atoms with Gasteiger partial charge in [0.1, 0.15) is 11.4 Å². The van der Waals surface area contributed by atoms with Gasteiger partial charge in [-0.1, -0.05) is 13.5 Å². The van der Waals surface area contributed by atoms with Gasteiger partial charge in [-0.3, -0.25) is 9.30 Å². The minimum Gasteiger partial charge on any atom is -0.445 e. The third kappa shape index (κ3) is 3.67. The molecule has 8 nitrogen and oxygen atoms in total. The van der Waals surface area contributed by atoms with E-state index >= 15 is 0 Å². The van der Waals surface area contributed by atoms with E-state index in [1.165, 1.54) is 11.0 Å². The summed E-state index contributed by atoms with van der Waals surface area (Å²) < 4.78 is 35.9. The van der Waals surface area contributed by atoms with Gasteiger partial charge in [-0.15, -0.1) is 11.3 Å². The highest BCUT2D eigenvalue weighted by molar-refractivity contribution is 7.89. The van der Waals surface area contributed by atoms with E-state index in [1.54, 1.807) is 23.9 Å². The number of amides is 1. The molecule has 4 heterocycles. The van der Waals surface area contributed by atoms with Crippen molar-refractivity contribution < 1.29 is 22.1 Å². The van der Waals surface area contributed by atoms with Crippen LogP contribution in [0.2, 0.25) is 0 Å². The Morgan fingerprint density at radius 3 is 3.00 bits per heavy atom. The standard InChI is InChI=1S/C15H15N3O5S2.CH4/c19-15-18-11(2-4-12-9-17-10-16-8-14(17)24-12)3-5-13(18)23-25(20,21)7-1-6-22-15;/h1-2,4,7-11,13H,3,5-6H2;1H4/t11-,13?;/m1./s1. The first-order valence-corrected chi connectivity index (χ1v) is 9.95. The molecule has 0 spiro atoms. The summed E-state index contributed by atoms with van der Waals surface area (Å²) in [6.07, 6.45) is 10.1. The summed E-state index contributed by atoms with van der Waals surface area (Å²) in [5, 5.41) is 0.926. The van der Waals surface area contributed by atoms with Crippen LogP contribution in [-0.2, 0) is 19.0 Å². The zero-order chi connectivity index (χ0) is 17.4. The Morgan fingerprint density at radius 2 is 2.19 bits per heavy atom. The second-order valence-electron chi connectivity index (χ2n) is 5.68. The van der Waals surface area contributed by atoms with Crippen molar-refractivity contribution in [2.75, 3.05) is 6.61 Å². The molecule has 0 radical (unpaired) electrons. The van der Waals surface area contributed by atoms with E-state index in [0.29, 0.717) is 12.8 Å². The van der Waals surface area contributed by atoms with Crippen LogP contribution in [0.3, 0.4) is 0 Å². The molecule has 140 valence electrons. The molecule has 26 heavy (non-hydrogen) atoms. The normalized spacial score (nSPS) is 25.4. The molecule has 2 aromatic heterocycles. The van der Waals surface area contributed by atoms with Crippen LogP contribution in [0.1, 0.15) is 25.1 Å². The topological polar surface area (TPSA) is 90.2 Å². The van der Waals surface area contributed by atoms with Crippen LogP contribution in [0.4, 0.5) is 4.79 Å². The second-order valence-corrected chi connectivity index (χ2v) is 8.22. The first-order chi connectivity index (χ1) is 12.0. The molecule has 2 atom stereocenters. The van der Waals surface area contributed by atoms with Crippen molar-refractivity contribution in [2.24, 2.45) is 0 Å². The average molecular weight is 397 g/mol. The largest absolute Gasteiger partial charge is 0.445 e. The molecule has 10 heteroatoms. The Morgan fingerprint density at radius 1 is 1.35 bits per heavy atom. The van der Waals surface area contributed by atoms with Gasteiger partial charge in [0.15, 0.2) is 6.23 Å². The van der Waals surface area contributed by atoms with E-state index in [0.717, 1.165) is 15.1 Å². The minimum atomic E-state index is -3.83. The molecule has 0 N–H and O–H groups in total. The highest BCUT2D eigenvalue weighted by atomic mass is 32.2. The van der Waals surface area contributed by atoms with Crippen LogP contribution in [0.5, 0.6) is 0 Å². The Hall–Kier alpha value is -2.17. The summed E-state index contributed by atoms with van der Waals surface area (Å²) in [6, 6.07) is -0.287. The van der Waals surface area contributed by atoms with Crippen LogP contribution < -0.4 is 0 Å². The molecule has 1 fully saturated rings. The number of imidazole rings is 1. The van der Waals surface area contributed by atoms with Crippen LogP contribution in [0.15, 0.2) is 36.3 Å². The van der Waals surface area contributed by atoms with Crippen molar-refractivity contribution in [3.8, 4) is 0 Å². The van der Waals surface area contributed by atoms with Gasteiger partial charge < -0.3 is 4.74 Å². The fraction of sp³-hybridized carbons (Fsp3) is 0.375. The first-order valence-electron chi connectivity index (χ1n) is 7.66. The number of rotatable bonds is 2. The maximum absolute atomic E-state index is 12.3. The lowest BCUT2D eigenvalue weighted by Gasteiger charge is -2.26. The lowest BCUT2D eigenvalue weighted by Crippen LogP contribution is -2.42. The number of hydrogen-bond acceptors (Lipinski definition) is 7. The molecule has 1 unspecified atom stereocenters. The van der Waals surface area contributed by atoms with Gasteiger partial charge in [-0.2, -0.15) is 8.42 Å². The van der Waals surface area contributed by atoms with Crippen molar-refractivity contribution >= 4 is 38.5 Å². The van der Waals surface area contributed by atoms with Crippen LogP contribution in [-0.4, -0.2) is 47.7 Å². The number of hydrogen-bond donors (Lipinski definition) is 0. The van der Waals surface area contributed by atoms with Crippen molar-refractivity contribution in [3.05, 3.63) is 41.2 Å². The predicted molar refractivity (Wildman–Crippen MR) is 98.0 cm³/mol. The van der Waals surface area contributed by atoms with Gasteiger partial charge in [0.05, 0.1) is 24.0 Å². The van der Waals surface area contributed by atoms with E-state index in [9.17, 15) is 13.2 Å². The maximum Gasteiger partial charge on any atom is 0.412 e. The van der Waals surface area contributed by atoms with Crippen LogP contribution in [0, 0.1) is 0 Å². The molecule has 2 aliphatic rings. The summed E-state index contributed by atoms with van der Waals surface area (Å²) in [7, 11) is -3.83. The average Bonchev–Trinajstić information content (AvgIpc) is 3.22. The van der Waals surface area contributed by atoms with Gasteiger partial charge in [-0.05, 0) is 25.0 Å². The maximum atomic E-state index is 12.3. The number of thiazole rings is 1. The number of carbonyl (C=O) groups is 1. The molecule has 0 saturated carbocycles. The number of cyclic esters (lactones) is 1. The monoisotopic (exact) mass is 397 g/mol. The molecule has 0 aliphatic carbocycles. The van der Waals surface area contributed by atoms with E-state index in [1.807, 2.05) is 22.7 Å². The van der Waals surface area contributed by atoms with Gasteiger partial charge in [0.2, 0.25) is 0 Å². The number of nitrogens with zero attached hydrogens (tertiary/aromatic N) is 3. The van der Waals surface area contributed by atoms with E-state index in [-0.39, 0.29) is 20.1 Å². The second kappa shape index (κ2) is 7.22. The van der Waals surface area contributed by atoms with Crippen LogP contribution >= 0.6 is 11.3 Å². The molecular weight excluding hydrogens is 378 g/mol. The summed E-state index contributed by atoms with van der Waals surface area (Å²) >= 11 is 1.57. The minimum absolute atomic E-state index is 0. The Kier molecular flexibility index (Phi) is 5.17. The Bertz CT molecular complexity index is 931. The van der Waals surface area contributed by atoms with Crippen molar-refractivity contribution in [1.29, 1.82) is 0 Å². The van der Waals surface area contributed by atoms with Crippen LogP contribution in [0.25, 0.3) is 10.9 Å². The first kappa shape index (κ1) is 18.6. The summed E-state index contributed by atoms with van der Waals surface area (Å²) in [5.41, 5.74) is 0. The van der Waals surface area contributed by atoms with Gasteiger partial charge in [0.25, 0.3) is 10.1 Å². The highest BCUT2D eigenvalue weighted by Gasteiger charge is 2.40. The Labute approximate surface area is 155 Å². The lowest BCUT2D eigenvalue weighted by molar-refractivity contribution is 0.0400. The highest BCUT2D eigenvalue weighted by Crippen LogP contribution is 2.30. The number of ether oxygens (including phenoxy) is 1. The van der Waals surface area contributed by atoms with Gasteiger partial charge in [-0.25, -0.2) is 14.0 Å². The molecule has 2 aliphatic heterocycles. The molecular formula is C16H19N3O5S2. The zero-order valence-electron chi connectivity index (χ0n) is 13.0. The summed E-state index contributed by atoms with van der Waals surface area (Å²) in [6.45, 7) is -0.107. The summed E-state index contributed by atoms with van der Waals surface area (Å²) in [5.74, 6) is 0. The van der Waals surface area contributed by atoms with Crippen molar-refractivity contribution in [3.63, 3.8) is 0 Å². The number of fused-ring (bicyclic) bond motifs is 2. The van der Waals surface area contributed by atoms with E-state index < -0.39 is 22.4 Å². The third-order valence-electron chi connectivity index (χ3n) is 4.00. The van der Waals surface area contributed by atoms with Crippen molar-refractivity contribution in [2.45, 2.75) is 32.5 Å². The number of aromatic nitrogens is 2. The predicted octanol–water partition coefficient (Wildman–Crippen LogP) is 2.85.